The Kier molecular flexibility index (Phi) is 4.23. The molecule has 0 spiro atoms. The van der Waals surface area contributed by atoms with Gasteiger partial charge in [-0.15, -0.1) is 0 Å². The first kappa shape index (κ1) is 16.8. The maximum atomic E-state index is 12.8. The normalized spacial score (nSPS) is 16.5. The Hall–Kier alpha value is -2.69. The molecule has 2 heterocycles. The van der Waals surface area contributed by atoms with Crippen LogP contribution in [0.3, 0.4) is 0 Å². The van der Waals surface area contributed by atoms with Gasteiger partial charge in [0, 0.05) is 29.4 Å². The lowest BCUT2D eigenvalue weighted by atomic mass is 9.92. The van der Waals surface area contributed by atoms with E-state index in [0.717, 1.165) is 52.5 Å². The highest BCUT2D eigenvalue weighted by atomic mass is 16.1. The molecule has 5 nitrogen and oxygen atoms in total. The number of carbonyl (C=O) groups excluding carboxylic acids is 1. The summed E-state index contributed by atoms with van der Waals surface area (Å²) in [4.78, 5) is 17.5. The molecule has 1 aromatic carbocycles. The van der Waals surface area contributed by atoms with Crippen molar-refractivity contribution in [2.45, 2.75) is 45.6 Å². The van der Waals surface area contributed by atoms with Crippen LogP contribution in [0, 0.1) is 13.8 Å². The molecule has 4 rings (SSSR count). The molecule has 2 aromatic heterocycles. The summed E-state index contributed by atoms with van der Waals surface area (Å²) in [6, 6.07) is 8.17. The zero-order chi connectivity index (χ0) is 18.3. The summed E-state index contributed by atoms with van der Waals surface area (Å²) in [5.74, 6) is 0.0509. The van der Waals surface area contributed by atoms with Crippen molar-refractivity contribution in [3.8, 4) is 0 Å². The SMILES string of the molecule is Cc1nc2ccccc2c(C)c1CC(=O)N[C@@H]1CCCc2c1cnn2C. The highest BCUT2D eigenvalue weighted by Crippen LogP contribution is 2.29. The van der Waals surface area contributed by atoms with E-state index in [-0.39, 0.29) is 11.9 Å². The van der Waals surface area contributed by atoms with E-state index in [0.29, 0.717) is 6.42 Å². The van der Waals surface area contributed by atoms with Crippen molar-refractivity contribution < 1.29 is 4.79 Å². The lowest BCUT2D eigenvalue weighted by Gasteiger charge is -2.24. The highest BCUT2D eigenvalue weighted by molar-refractivity contribution is 5.86. The van der Waals surface area contributed by atoms with Gasteiger partial charge in [0.2, 0.25) is 5.91 Å². The molecule has 0 fully saturated rings. The van der Waals surface area contributed by atoms with Crippen LogP contribution in [-0.2, 0) is 24.7 Å². The van der Waals surface area contributed by atoms with E-state index in [1.54, 1.807) is 0 Å². The van der Waals surface area contributed by atoms with Gasteiger partial charge in [-0.25, -0.2) is 0 Å². The minimum atomic E-state index is 0.0509. The van der Waals surface area contributed by atoms with Crippen LogP contribution in [0.1, 0.15) is 47.0 Å². The van der Waals surface area contributed by atoms with Crippen LogP contribution in [0.5, 0.6) is 0 Å². The summed E-state index contributed by atoms with van der Waals surface area (Å²) >= 11 is 0. The van der Waals surface area contributed by atoms with E-state index in [1.165, 1.54) is 5.69 Å². The monoisotopic (exact) mass is 348 g/mol. The van der Waals surface area contributed by atoms with Crippen LogP contribution in [0.4, 0.5) is 0 Å². The molecule has 1 N–H and O–H groups in total. The zero-order valence-electron chi connectivity index (χ0n) is 15.5. The maximum absolute atomic E-state index is 12.8. The summed E-state index contributed by atoms with van der Waals surface area (Å²) in [6.45, 7) is 4.07. The number of fused-ring (bicyclic) bond motifs is 2. The largest absolute Gasteiger partial charge is 0.349 e. The van der Waals surface area contributed by atoms with E-state index < -0.39 is 0 Å². The molecule has 3 aromatic rings. The fourth-order valence-corrected chi connectivity index (χ4v) is 4.09. The maximum Gasteiger partial charge on any atom is 0.224 e. The molecule has 0 unspecified atom stereocenters. The topological polar surface area (TPSA) is 59.8 Å². The third-order valence-corrected chi connectivity index (χ3v) is 5.53. The van der Waals surface area contributed by atoms with E-state index in [4.69, 9.17) is 0 Å². The number of rotatable bonds is 3. The van der Waals surface area contributed by atoms with Gasteiger partial charge in [-0.3, -0.25) is 14.5 Å². The third-order valence-electron chi connectivity index (χ3n) is 5.53. The molecule has 1 aliphatic carbocycles. The van der Waals surface area contributed by atoms with E-state index in [1.807, 2.05) is 43.0 Å². The fraction of sp³-hybridized carbons (Fsp3) is 0.381. The molecule has 0 saturated carbocycles. The van der Waals surface area contributed by atoms with Crippen molar-refractivity contribution >= 4 is 16.8 Å². The quantitative estimate of drug-likeness (QED) is 0.790. The van der Waals surface area contributed by atoms with Gasteiger partial charge < -0.3 is 5.32 Å². The first-order chi connectivity index (χ1) is 12.5. The highest BCUT2D eigenvalue weighted by Gasteiger charge is 2.25. The Balaban J connectivity index is 1.57. The van der Waals surface area contributed by atoms with E-state index in [9.17, 15) is 4.79 Å². The molecule has 5 heteroatoms. The van der Waals surface area contributed by atoms with Gasteiger partial charge in [-0.1, -0.05) is 18.2 Å². The summed E-state index contributed by atoms with van der Waals surface area (Å²) in [7, 11) is 1.97. The van der Waals surface area contributed by atoms with E-state index >= 15 is 0 Å². The van der Waals surface area contributed by atoms with Crippen LogP contribution < -0.4 is 5.32 Å². The first-order valence-corrected chi connectivity index (χ1v) is 9.19. The minimum absolute atomic E-state index is 0.0509. The van der Waals surface area contributed by atoms with Gasteiger partial charge in [0.1, 0.15) is 0 Å². The zero-order valence-corrected chi connectivity index (χ0v) is 15.5. The second kappa shape index (κ2) is 6.56. The van der Waals surface area contributed by atoms with Crippen LogP contribution in [0.15, 0.2) is 30.5 Å². The summed E-state index contributed by atoms with van der Waals surface area (Å²) in [5.41, 5.74) is 6.50. The van der Waals surface area contributed by atoms with Crippen molar-refractivity contribution in [3.63, 3.8) is 0 Å². The van der Waals surface area contributed by atoms with Crippen LogP contribution >= 0.6 is 0 Å². The molecular formula is C21H24N4O. The molecule has 0 aliphatic heterocycles. The Morgan fingerprint density at radius 3 is 2.96 bits per heavy atom. The lowest BCUT2D eigenvalue weighted by Crippen LogP contribution is -2.32. The smallest absolute Gasteiger partial charge is 0.224 e. The predicted molar refractivity (Wildman–Crippen MR) is 102 cm³/mol. The number of pyridine rings is 1. The van der Waals surface area contributed by atoms with Crippen LogP contribution in [0.25, 0.3) is 10.9 Å². The van der Waals surface area contributed by atoms with Gasteiger partial charge in [0.15, 0.2) is 0 Å². The number of nitrogens with zero attached hydrogens (tertiary/aromatic N) is 3. The average Bonchev–Trinajstić information content (AvgIpc) is 3.01. The Morgan fingerprint density at radius 2 is 2.12 bits per heavy atom. The van der Waals surface area contributed by atoms with Crippen molar-refractivity contribution in [2.24, 2.45) is 7.05 Å². The van der Waals surface area contributed by atoms with Gasteiger partial charge in [-0.2, -0.15) is 5.10 Å². The van der Waals surface area contributed by atoms with Gasteiger partial charge in [0.25, 0.3) is 0 Å². The molecule has 1 aliphatic rings. The number of benzene rings is 1. The number of carbonyl (C=O) groups is 1. The molecule has 26 heavy (non-hydrogen) atoms. The number of hydrogen-bond donors (Lipinski definition) is 1. The Bertz CT molecular complexity index is 989. The second-order valence-electron chi connectivity index (χ2n) is 7.18. The first-order valence-electron chi connectivity index (χ1n) is 9.19. The third kappa shape index (κ3) is 2.87. The van der Waals surface area contributed by atoms with E-state index in [2.05, 4.69) is 28.4 Å². The Labute approximate surface area is 153 Å². The lowest BCUT2D eigenvalue weighted by molar-refractivity contribution is -0.121. The molecular weight excluding hydrogens is 324 g/mol. The summed E-state index contributed by atoms with van der Waals surface area (Å²) in [6.07, 6.45) is 5.34. The number of amides is 1. The van der Waals surface area contributed by atoms with Crippen molar-refractivity contribution in [1.82, 2.24) is 20.1 Å². The number of aromatic nitrogens is 3. The molecule has 0 saturated heterocycles. The summed E-state index contributed by atoms with van der Waals surface area (Å²) in [5, 5.41) is 8.70. The fourth-order valence-electron chi connectivity index (χ4n) is 4.09. The molecule has 134 valence electrons. The van der Waals surface area contributed by atoms with Crippen molar-refractivity contribution in [1.29, 1.82) is 0 Å². The van der Waals surface area contributed by atoms with Crippen LogP contribution in [-0.4, -0.2) is 20.7 Å². The van der Waals surface area contributed by atoms with Gasteiger partial charge in [0.05, 0.1) is 24.2 Å². The predicted octanol–water partition coefficient (Wildman–Crippen LogP) is 3.32. The minimum Gasteiger partial charge on any atom is -0.349 e. The Morgan fingerprint density at radius 1 is 1.31 bits per heavy atom. The van der Waals surface area contributed by atoms with Crippen molar-refractivity contribution in [3.05, 3.63) is 58.5 Å². The molecule has 1 atom stereocenters. The van der Waals surface area contributed by atoms with Crippen molar-refractivity contribution in [2.75, 3.05) is 0 Å². The molecule has 0 bridgehead atoms. The molecule has 0 radical (unpaired) electrons. The average molecular weight is 348 g/mol. The summed E-state index contributed by atoms with van der Waals surface area (Å²) < 4.78 is 1.93. The molecule has 1 amide bonds. The standard InChI is InChI=1S/C21H24N4O/c1-13-15-7-4-5-8-18(15)23-14(2)16(13)11-21(26)24-19-9-6-10-20-17(19)12-22-25(20)3/h4-5,7-8,12,19H,6,9-11H2,1-3H3,(H,24,26)/t19-/m1/s1. The van der Waals surface area contributed by atoms with Crippen LogP contribution in [0.2, 0.25) is 0 Å². The van der Waals surface area contributed by atoms with Gasteiger partial charge >= 0.3 is 0 Å². The van der Waals surface area contributed by atoms with Gasteiger partial charge in [-0.05, 0) is 50.3 Å². The number of aryl methyl sites for hydroxylation is 3. The number of nitrogens with one attached hydrogen (secondary N) is 1. The second-order valence-corrected chi connectivity index (χ2v) is 7.18. The number of para-hydroxylation sites is 1. The number of hydrogen-bond acceptors (Lipinski definition) is 3.